The SMILES string of the molecule is COc1c([N+](=O)[O-])cc(Cl)cc1S(=O)(=O)OCl. The summed E-state index contributed by atoms with van der Waals surface area (Å²) in [5.41, 5.74) is -0.604. The highest BCUT2D eigenvalue weighted by molar-refractivity contribution is 7.87. The van der Waals surface area contributed by atoms with E-state index < -0.39 is 31.4 Å². The molecule has 10 heteroatoms. The molecule has 0 N–H and O–H groups in total. The summed E-state index contributed by atoms with van der Waals surface area (Å²) < 4.78 is 31.2. The molecule has 0 saturated heterocycles. The van der Waals surface area contributed by atoms with Gasteiger partial charge in [-0.3, -0.25) is 10.1 Å². The monoisotopic (exact) mass is 301 g/mol. The first kappa shape index (κ1) is 14.0. The predicted octanol–water partition coefficient (Wildman–Crippen LogP) is 2.12. The van der Waals surface area contributed by atoms with Gasteiger partial charge in [0.05, 0.1) is 23.9 Å². The van der Waals surface area contributed by atoms with Crippen molar-refractivity contribution in [2.24, 2.45) is 0 Å². The maximum atomic E-state index is 11.4. The Hall–Kier alpha value is -1.09. The number of nitrogens with zero attached hydrogens (tertiary/aromatic N) is 1. The molecule has 0 amide bonds. The van der Waals surface area contributed by atoms with Crippen molar-refractivity contribution in [2.45, 2.75) is 4.90 Å². The van der Waals surface area contributed by atoms with Crippen LogP contribution in [0.5, 0.6) is 5.75 Å². The van der Waals surface area contributed by atoms with Crippen molar-refractivity contribution in [1.82, 2.24) is 0 Å². The first-order valence-electron chi connectivity index (χ1n) is 3.90. The number of nitro benzene ring substituents is 1. The third kappa shape index (κ3) is 2.78. The van der Waals surface area contributed by atoms with Gasteiger partial charge < -0.3 is 4.74 Å². The molecule has 0 aliphatic heterocycles. The van der Waals surface area contributed by atoms with E-state index in [9.17, 15) is 18.5 Å². The lowest BCUT2D eigenvalue weighted by molar-refractivity contribution is -0.386. The third-order valence-corrected chi connectivity index (χ3v) is 3.48. The standard InChI is InChI=1S/C7H5Cl2NO6S/c1-15-7-5(10(11)12)2-4(8)3-6(7)17(13,14)16-9/h2-3H,1H3. The number of halogens is 2. The van der Waals surface area contributed by atoms with E-state index in [1.165, 1.54) is 0 Å². The van der Waals surface area contributed by atoms with Crippen molar-refractivity contribution in [1.29, 1.82) is 0 Å². The van der Waals surface area contributed by atoms with Gasteiger partial charge in [0.15, 0.2) is 0 Å². The molecule has 0 unspecified atom stereocenters. The van der Waals surface area contributed by atoms with Gasteiger partial charge in [0.25, 0.3) is 0 Å². The Balaban J connectivity index is 3.67. The van der Waals surface area contributed by atoms with Crippen LogP contribution < -0.4 is 4.74 Å². The fourth-order valence-electron chi connectivity index (χ4n) is 1.12. The Bertz CT molecular complexity index is 558. The van der Waals surface area contributed by atoms with E-state index in [4.69, 9.17) is 23.5 Å². The lowest BCUT2D eigenvalue weighted by Gasteiger charge is -2.07. The van der Waals surface area contributed by atoms with E-state index in [1.807, 2.05) is 0 Å². The number of nitro groups is 1. The van der Waals surface area contributed by atoms with Crippen molar-refractivity contribution >= 4 is 39.3 Å². The molecule has 0 aliphatic carbocycles. The minimum absolute atomic E-state index is 0.162. The van der Waals surface area contributed by atoms with E-state index >= 15 is 0 Å². The van der Waals surface area contributed by atoms with E-state index in [0.29, 0.717) is 0 Å². The molecule has 1 rings (SSSR count). The molecule has 0 spiro atoms. The molecule has 1 aromatic carbocycles. The maximum Gasteiger partial charge on any atom is 0.316 e. The number of hydrogen-bond donors (Lipinski definition) is 0. The third-order valence-electron chi connectivity index (χ3n) is 1.75. The van der Waals surface area contributed by atoms with Crippen LogP contribution in [0, 0.1) is 10.1 Å². The van der Waals surface area contributed by atoms with Crippen molar-refractivity contribution in [2.75, 3.05) is 7.11 Å². The Morgan fingerprint density at radius 3 is 2.41 bits per heavy atom. The smallest absolute Gasteiger partial charge is 0.316 e. The number of benzene rings is 1. The summed E-state index contributed by atoms with van der Waals surface area (Å²) in [6.45, 7) is 0. The molecule has 0 radical (unpaired) electrons. The van der Waals surface area contributed by atoms with Crippen LogP contribution in [0.25, 0.3) is 0 Å². The van der Waals surface area contributed by atoms with Crippen LogP contribution in [0.2, 0.25) is 5.02 Å². The molecule has 94 valence electrons. The molecular formula is C7H5Cl2NO6S. The first-order chi connectivity index (χ1) is 7.83. The van der Waals surface area contributed by atoms with E-state index in [-0.39, 0.29) is 5.02 Å². The van der Waals surface area contributed by atoms with Gasteiger partial charge in [0.1, 0.15) is 4.90 Å². The van der Waals surface area contributed by atoms with Crippen LogP contribution in [-0.2, 0) is 13.9 Å². The van der Waals surface area contributed by atoms with Crippen LogP contribution in [0.3, 0.4) is 0 Å². The van der Waals surface area contributed by atoms with Gasteiger partial charge in [-0.1, -0.05) is 11.6 Å². The van der Waals surface area contributed by atoms with Crippen molar-refractivity contribution in [3.8, 4) is 5.75 Å². The summed E-state index contributed by atoms with van der Waals surface area (Å²) in [4.78, 5) is 9.25. The van der Waals surface area contributed by atoms with E-state index in [1.54, 1.807) is 0 Å². The summed E-state index contributed by atoms with van der Waals surface area (Å²) in [7, 11) is -3.30. The number of hydrogen-bond acceptors (Lipinski definition) is 6. The van der Waals surface area contributed by atoms with Crippen LogP contribution in [0.15, 0.2) is 17.0 Å². The largest absolute Gasteiger partial charge is 0.489 e. The Morgan fingerprint density at radius 2 is 2.00 bits per heavy atom. The number of ether oxygens (including phenoxy) is 1. The highest BCUT2D eigenvalue weighted by Crippen LogP contribution is 2.37. The lowest BCUT2D eigenvalue weighted by atomic mass is 10.3. The Labute approximate surface area is 106 Å². The molecular weight excluding hydrogens is 297 g/mol. The molecule has 0 saturated carbocycles. The lowest BCUT2D eigenvalue weighted by Crippen LogP contribution is -2.05. The van der Waals surface area contributed by atoms with Gasteiger partial charge in [-0.05, 0) is 6.07 Å². The zero-order valence-corrected chi connectivity index (χ0v) is 10.5. The van der Waals surface area contributed by atoms with Gasteiger partial charge in [-0.15, -0.1) is 0 Å². The number of rotatable bonds is 4. The van der Waals surface area contributed by atoms with Gasteiger partial charge in [-0.25, -0.2) is 0 Å². The molecule has 0 atom stereocenters. The fraction of sp³-hybridized carbons (Fsp3) is 0.143. The normalized spacial score (nSPS) is 11.2. The second kappa shape index (κ2) is 5.05. The molecule has 0 aromatic heterocycles. The summed E-state index contributed by atoms with van der Waals surface area (Å²) in [6.07, 6.45) is 0. The minimum atomic E-state index is -4.37. The van der Waals surface area contributed by atoms with Gasteiger partial charge in [0, 0.05) is 11.1 Å². The van der Waals surface area contributed by atoms with Crippen molar-refractivity contribution in [3.05, 3.63) is 27.3 Å². The topological polar surface area (TPSA) is 95.7 Å². The molecule has 17 heavy (non-hydrogen) atoms. The van der Waals surface area contributed by atoms with Crippen LogP contribution in [0.4, 0.5) is 5.69 Å². The summed E-state index contributed by atoms with van der Waals surface area (Å²) in [5, 5.41) is 10.5. The Morgan fingerprint density at radius 1 is 1.41 bits per heavy atom. The highest BCUT2D eigenvalue weighted by atomic mass is 35.5. The van der Waals surface area contributed by atoms with Crippen LogP contribution in [-0.4, -0.2) is 20.5 Å². The average Bonchev–Trinajstić information content (AvgIpc) is 2.27. The Kier molecular flexibility index (Phi) is 4.15. The zero-order chi connectivity index (χ0) is 13.2. The predicted molar refractivity (Wildman–Crippen MR) is 58.8 cm³/mol. The van der Waals surface area contributed by atoms with Crippen molar-refractivity contribution in [3.63, 3.8) is 0 Å². The summed E-state index contributed by atoms with van der Waals surface area (Å²) in [6, 6.07) is 1.89. The fourth-order valence-corrected chi connectivity index (χ4v) is 2.35. The van der Waals surface area contributed by atoms with Crippen molar-refractivity contribution < 1.29 is 21.8 Å². The minimum Gasteiger partial charge on any atom is -0.489 e. The molecule has 0 bridgehead atoms. The molecule has 0 aliphatic rings. The first-order valence-corrected chi connectivity index (χ1v) is 6.00. The van der Waals surface area contributed by atoms with E-state index in [2.05, 4.69) is 8.47 Å². The molecule has 7 nitrogen and oxygen atoms in total. The second-order valence-electron chi connectivity index (χ2n) is 2.73. The average molecular weight is 302 g/mol. The zero-order valence-electron chi connectivity index (χ0n) is 8.22. The van der Waals surface area contributed by atoms with Crippen LogP contribution >= 0.6 is 23.5 Å². The van der Waals surface area contributed by atoms with E-state index in [0.717, 1.165) is 19.2 Å². The molecule has 0 fully saturated rings. The van der Waals surface area contributed by atoms with Gasteiger partial charge >= 0.3 is 15.8 Å². The van der Waals surface area contributed by atoms with Gasteiger partial charge in [0.2, 0.25) is 5.75 Å². The highest BCUT2D eigenvalue weighted by Gasteiger charge is 2.29. The van der Waals surface area contributed by atoms with Gasteiger partial charge in [-0.2, -0.15) is 12.2 Å². The van der Waals surface area contributed by atoms with Crippen LogP contribution in [0.1, 0.15) is 0 Å². The molecule has 1 aromatic rings. The maximum absolute atomic E-state index is 11.4. The summed E-state index contributed by atoms with van der Waals surface area (Å²) >= 11 is 10.3. The quantitative estimate of drug-likeness (QED) is 0.624. The number of methoxy groups -OCH3 is 1. The second-order valence-corrected chi connectivity index (χ2v) is 5.02. The molecule has 0 heterocycles. The summed E-state index contributed by atoms with van der Waals surface area (Å²) in [5.74, 6) is -0.500.